The van der Waals surface area contributed by atoms with E-state index in [0.717, 1.165) is 32.1 Å². The molecule has 0 aromatic rings. The van der Waals surface area contributed by atoms with E-state index in [0.29, 0.717) is 0 Å². The van der Waals surface area contributed by atoms with Gasteiger partial charge in [-0.1, -0.05) is 19.3 Å². The van der Waals surface area contributed by atoms with Crippen LogP contribution in [0.4, 0.5) is 13.2 Å². The SMILES string of the molecule is O=S(=O)(CCCC(F)(F)F)N(CCCl)C1CCCCC1. The van der Waals surface area contributed by atoms with Crippen LogP contribution in [0.5, 0.6) is 0 Å². The Morgan fingerprint density at radius 1 is 1.15 bits per heavy atom. The lowest BCUT2D eigenvalue weighted by Gasteiger charge is -2.33. The molecule has 3 nitrogen and oxygen atoms in total. The first kappa shape index (κ1) is 18.0. The Kier molecular flexibility index (Phi) is 7.08. The topological polar surface area (TPSA) is 37.4 Å². The third-order valence-electron chi connectivity index (χ3n) is 3.51. The number of alkyl halides is 4. The number of rotatable bonds is 7. The summed E-state index contributed by atoms with van der Waals surface area (Å²) in [5, 5.41) is 0. The third-order valence-corrected chi connectivity index (χ3v) is 5.68. The van der Waals surface area contributed by atoms with Gasteiger partial charge in [-0.15, -0.1) is 11.6 Å². The van der Waals surface area contributed by atoms with Gasteiger partial charge in [-0.25, -0.2) is 8.42 Å². The number of sulfonamides is 1. The van der Waals surface area contributed by atoms with Gasteiger partial charge in [0.1, 0.15) is 0 Å². The summed E-state index contributed by atoms with van der Waals surface area (Å²) in [4.78, 5) is 0. The van der Waals surface area contributed by atoms with Gasteiger partial charge in [-0.2, -0.15) is 17.5 Å². The lowest BCUT2D eigenvalue weighted by Crippen LogP contribution is -2.43. The van der Waals surface area contributed by atoms with Crippen LogP contribution in [-0.4, -0.2) is 43.1 Å². The summed E-state index contributed by atoms with van der Waals surface area (Å²) in [6.07, 6.45) is -1.21. The Hall–Kier alpha value is -0.0100. The van der Waals surface area contributed by atoms with Gasteiger partial charge in [-0.05, 0) is 19.3 Å². The van der Waals surface area contributed by atoms with Gasteiger partial charge in [0.15, 0.2) is 0 Å². The molecule has 1 aliphatic carbocycles. The molecule has 1 fully saturated rings. The highest BCUT2D eigenvalue weighted by atomic mass is 35.5. The molecule has 0 saturated heterocycles. The molecule has 0 radical (unpaired) electrons. The maximum absolute atomic E-state index is 12.2. The predicted molar refractivity (Wildman–Crippen MR) is 73.4 cm³/mol. The molecule has 0 aromatic carbocycles. The minimum Gasteiger partial charge on any atom is -0.212 e. The normalized spacial score (nSPS) is 18.6. The lowest BCUT2D eigenvalue weighted by atomic mass is 9.95. The average molecular weight is 336 g/mol. The zero-order valence-electron chi connectivity index (χ0n) is 11.3. The van der Waals surface area contributed by atoms with Gasteiger partial charge in [0.2, 0.25) is 10.0 Å². The quantitative estimate of drug-likeness (QED) is 0.667. The van der Waals surface area contributed by atoms with E-state index in [2.05, 4.69) is 0 Å². The van der Waals surface area contributed by atoms with Crippen molar-refractivity contribution in [2.24, 2.45) is 0 Å². The Labute approximate surface area is 123 Å². The smallest absolute Gasteiger partial charge is 0.212 e. The van der Waals surface area contributed by atoms with Crippen LogP contribution in [0.25, 0.3) is 0 Å². The molecule has 1 rings (SSSR count). The second-order valence-corrected chi connectivity index (χ2v) is 7.55. The average Bonchev–Trinajstić information content (AvgIpc) is 2.35. The number of nitrogens with zero attached hydrogens (tertiary/aromatic N) is 1. The first-order valence-corrected chi connectivity index (χ1v) is 9.03. The van der Waals surface area contributed by atoms with E-state index < -0.39 is 34.8 Å². The van der Waals surface area contributed by atoms with Gasteiger partial charge >= 0.3 is 6.18 Å². The van der Waals surface area contributed by atoms with Crippen molar-refractivity contribution in [1.82, 2.24) is 4.31 Å². The van der Waals surface area contributed by atoms with Crippen LogP contribution in [0.2, 0.25) is 0 Å². The highest BCUT2D eigenvalue weighted by molar-refractivity contribution is 7.89. The molecule has 8 heteroatoms. The number of hydrogen-bond acceptors (Lipinski definition) is 2. The molecule has 20 heavy (non-hydrogen) atoms. The molecule has 0 spiro atoms. The van der Waals surface area contributed by atoms with Crippen molar-refractivity contribution in [3.8, 4) is 0 Å². The molecule has 0 amide bonds. The van der Waals surface area contributed by atoms with Crippen LogP contribution >= 0.6 is 11.6 Å². The molecule has 0 N–H and O–H groups in total. The van der Waals surface area contributed by atoms with Crippen molar-refractivity contribution in [2.75, 3.05) is 18.2 Å². The molecule has 0 heterocycles. The fraction of sp³-hybridized carbons (Fsp3) is 1.00. The molecule has 0 aliphatic heterocycles. The largest absolute Gasteiger partial charge is 0.389 e. The van der Waals surface area contributed by atoms with Crippen LogP contribution in [0, 0.1) is 0 Å². The standard InChI is InChI=1S/C12H21ClF3NO2S/c13-8-9-17(11-5-2-1-3-6-11)20(18,19)10-4-7-12(14,15)16/h11H,1-10H2. The second kappa shape index (κ2) is 7.84. The minimum absolute atomic E-state index is 0.0987. The molecule has 1 saturated carbocycles. The van der Waals surface area contributed by atoms with E-state index in [1.807, 2.05) is 0 Å². The summed E-state index contributed by atoms with van der Waals surface area (Å²) < 4.78 is 62.1. The van der Waals surface area contributed by atoms with Crippen molar-refractivity contribution in [2.45, 2.75) is 57.2 Å². The molecule has 1 aliphatic rings. The van der Waals surface area contributed by atoms with Gasteiger partial charge < -0.3 is 0 Å². The van der Waals surface area contributed by atoms with Crippen molar-refractivity contribution in [1.29, 1.82) is 0 Å². The number of hydrogen-bond donors (Lipinski definition) is 0. The molecular weight excluding hydrogens is 315 g/mol. The molecule has 0 aromatic heterocycles. The van der Waals surface area contributed by atoms with Gasteiger partial charge in [-0.3, -0.25) is 0 Å². The van der Waals surface area contributed by atoms with E-state index in [1.165, 1.54) is 4.31 Å². The highest BCUT2D eigenvalue weighted by Crippen LogP contribution is 2.26. The Morgan fingerprint density at radius 2 is 1.75 bits per heavy atom. The van der Waals surface area contributed by atoms with Gasteiger partial charge in [0.25, 0.3) is 0 Å². The van der Waals surface area contributed by atoms with E-state index in [9.17, 15) is 21.6 Å². The summed E-state index contributed by atoms with van der Waals surface area (Å²) in [7, 11) is -3.66. The minimum atomic E-state index is -4.31. The van der Waals surface area contributed by atoms with Crippen molar-refractivity contribution in [3.05, 3.63) is 0 Å². The molecule has 0 unspecified atom stereocenters. The Bertz CT molecular complexity index is 381. The fourth-order valence-corrected chi connectivity index (χ4v) is 4.63. The van der Waals surface area contributed by atoms with E-state index in [4.69, 9.17) is 11.6 Å². The summed E-state index contributed by atoms with van der Waals surface area (Å²) >= 11 is 5.64. The maximum Gasteiger partial charge on any atom is 0.389 e. The van der Waals surface area contributed by atoms with Crippen molar-refractivity contribution in [3.63, 3.8) is 0 Å². The predicted octanol–water partition coefficient (Wildman–Crippen LogP) is 3.53. The third kappa shape index (κ3) is 6.18. The fourth-order valence-electron chi connectivity index (χ4n) is 2.57. The summed E-state index contributed by atoms with van der Waals surface area (Å²) in [5.74, 6) is -0.297. The van der Waals surface area contributed by atoms with E-state index >= 15 is 0 Å². The molecule has 120 valence electrons. The second-order valence-electron chi connectivity index (χ2n) is 5.13. The zero-order chi connectivity index (χ0) is 15.2. The van der Waals surface area contributed by atoms with E-state index in [1.54, 1.807) is 0 Å². The first-order chi connectivity index (χ1) is 9.26. The molecule has 0 bridgehead atoms. The van der Waals surface area contributed by atoms with Crippen LogP contribution in [0.1, 0.15) is 44.9 Å². The van der Waals surface area contributed by atoms with Gasteiger partial charge in [0, 0.05) is 24.9 Å². The van der Waals surface area contributed by atoms with Crippen LogP contribution in [-0.2, 0) is 10.0 Å². The van der Waals surface area contributed by atoms with E-state index in [-0.39, 0.29) is 18.5 Å². The Morgan fingerprint density at radius 3 is 2.25 bits per heavy atom. The van der Waals surface area contributed by atoms with Crippen molar-refractivity contribution < 1.29 is 21.6 Å². The summed E-state index contributed by atoms with van der Waals surface area (Å²) in [5.41, 5.74) is 0. The van der Waals surface area contributed by atoms with Gasteiger partial charge in [0.05, 0.1) is 5.75 Å². The first-order valence-electron chi connectivity index (χ1n) is 6.88. The summed E-state index contributed by atoms with van der Waals surface area (Å²) in [6.45, 7) is 0.181. The lowest BCUT2D eigenvalue weighted by molar-refractivity contribution is -0.134. The number of halogens is 4. The summed E-state index contributed by atoms with van der Waals surface area (Å²) in [6, 6.07) is -0.0987. The van der Waals surface area contributed by atoms with Crippen LogP contribution < -0.4 is 0 Å². The van der Waals surface area contributed by atoms with Crippen molar-refractivity contribution >= 4 is 21.6 Å². The maximum atomic E-state index is 12.2. The van der Waals surface area contributed by atoms with Crippen LogP contribution in [0.3, 0.4) is 0 Å². The molecule has 0 atom stereocenters. The van der Waals surface area contributed by atoms with Crippen LogP contribution in [0.15, 0.2) is 0 Å². The Balaban J connectivity index is 2.63. The highest BCUT2D eigenvalue weighted by Gasteiger charge is 2.32. The monoisotopic (exact) mass is 335 g/mol. The molecular formula is C12H21ClF3NO2S. The zero-order valence-corrected chi connectivity index (χ0v) is 12.9.